The topological polar surface area (TPSA) is 23.5 Å². The van der Waals surface area contributed by atoms with Gasteiger partial charge in [0.05, 0.1) is 0 Å². The third kappa shape index (κ3) is 14.9. The summed E-state index contributed by atoms with van der Waals surface area (Å²) in [4.78, 5) is 2.50. The van der Waals surface area contributed by atoms with E-state index in [-0.39, 0.29) is 0 Å². The van der Waals surface area contributed by atoms with Gasteiger partial charge in [-0.15, -0.1) is 0 Å². The number of rotatable bonds is 21. The monoisotopic (exact) mass is 531 g/mol. The molecule has 2 nitrogen and oxygen atoms in total. The maximum Gasteiger partial charge on any atom is 0.102 e. The van der Waals surface area contributed by atoms with E-state index in [2.05, 4.69) is 52.8 Å². The third-order valence-corrected chi connectivity index (χ3v) is 7.84. The Labute approximate surface area is 202 Å². The van der Waals surface area contributed by atoms with Gasteiger partial charge in [0.2, 0.25) is 0 Å². The summed E-state index contributed by atoms with van der Waals surface area (Å²) in [6.07, 6.45) is 32.8. The van der Waals surface area contributed by atoms with Crippen LogP contribution in [0, 0.1) is 0 Å². The maximum absolute atomic E-state index is 8.98. The lowest BCUT2D eigenvalue weighted by Crippen LogP contribution is -2.30. The molecule has 3 heteroatoms. The van der Waals surface area contributed by atoms with Crippen molar-refractivity contribution in [2.75, 3.05) is 13.2 Å². The fourth-order valence-corrected chi connectivity index (χ4v) is 5.30. The first kappa shape index (κ1) is 28.0. The van der Waals surface area contributed by atoms with Gasteiger partial charge in [0.25, 0.3) is 0 Å². The molecule has 0 radical (unpaired) electrons. The lowest BCUT2D eigenvalue weighted by Gasteiger charge is -2.31. The van der Waals surface area contributed by atoms with Crippen LogP contribution in [-0.4, -0.2) is 27.2 Å². The van der Waals surface area contributed by atoms with Crippen molar-refractivity contribution in [3.05, 3.63) is 23.9 Å². The van der Waals surface area contributed by atoms with Crippen molar-refractivity contribution < 1.29 is 5.11 Å². The van der Waals surface area contributed by atoms with Gasteiger partial charge in [-0.2, -0.15) is 0 Å². The Morgan fingerprint density at radius 3 is 1.73 bits per heavy atom. The molecule has 0 fully saturated rings. The second-order valence-corrected chi connectivity index (χ2v) is 10.3. The van der Waals surface area contributed by atoms with Crippen LogP contribution >= 0.6 is 22.6 Å². The highest BCUT2D eigenvalue weighted by Crippen LogP contribution is 2.27. The minimum atomic E-state index is 0.317. The number of halogens is 1. The Morgan fingerprint density at radius 2 is 1.23 bits per heavy atom. The molecule has 0 spiro atoms. The van der Waals surface area contributed by atoms with Crippen LogP contribution < -0.4 is 0 Å². The lowest BCUT2D eigenvalue weighted by molar-refractivity contribution is 0.283. The van der Waals surface area contributed by atoms with Gasteiger partial charge in [-0.1, -0.05) is 132 Å². The number of aliphatic hydroxyl groups excluding tert-OH is 1. The normalized spacial score (nSPS) is 16.3. The van der Waals surface area contributed by atoms with Crippen LogP contribution in [0.4, 0.5) is 0 Å². The summed E-state index contributed by atoms with van der Waals surface area (Å²) in [5.74, 6) is 0. The van der Waals surface area contributed by atoms with Crippen LogP contribution in [0.2, 0.25) is 0 Å². The van der Waals surface area contributed by atoms with E-state index < -0.39 is 0 Å². The zero-order valence-corrected chi connectivity index (χ0v) is 22.1. The summed E-state index contributed by atoms with van der Waals surface area (Å²) >= 11 is 2.58. The van der Waals surface area contributed by atoms with Gasteiger partial charge < -0.3 is 10.0 Å². The van der Waals surface area contributed by atoms with Crippen LogP contribution in [0.3, 0.4) is 0 Å². The molecule has 1 atom stereocenters. The molecule has 1 heterocycles. The summed E-state index contributed by atoms with van der Waals surface area (Å²) < 4.78 is 0.502. The molecule has 0 aliphatic carbocycles. The first-order chi connectivity index (χ1) is 14.8. The molecule has 176 valence electrons. The Morgan fingerprint density at radius 1 is 0.733 bits per heavy atom. The maximum atomic E-state index is 8.98. The quantitative estimate of drug-likeness (QED) is 0.0692. The molecule has 0 saturated heterocycles. The van der Waals surface area contributed by atoms with Crippen molar-refractivity contribution >= 4 is 22.6 Å². The number of nitrogens with zero attached hydrogens (tertiary/aromatic N) is 1. The van der Waals surface area contributed by atoms with E-state index in [9.17, 15) is 0 Å². The first-order valence-corrected chi connectivity index (χ1v) is 14.4. The van der Waals surface area contributed by atoms with Crippen LogP contribution in [-0.2, 0) is 0 Å². The van der Waals surface area contributed by atoms with Crippen molar-refractivity contribution in [3.8, 4) is 0 Å². The predicted molar refractivity (Wildman–Crippen MR) is 142 cm³/mol. The molecule has 1 N–H and O–H groups in total. The molecule has 0 amide bonds. The van der Waals surface area contributed by atoms with Crippen molar-refractivity contribution in [2.24, 2.45) is 0 Å². The second-order valence-electron chi connectivity index (χ2n) is 9.14. The Kier molecular flexibility index (Phi) is 19.5. The van der Waals surface area contributed by atoms with Gasteiger partial charge >= 0.3 is 0 Å². The largest absolute Gasteiger partial charge is 0.396 e. The van der Waals surface area contributed by atoms with Gasteiger partial charge in [0.15, 0.2) is 0 Å². The van der Waals surface area contributed by atoms with Gasteiger partial charge in [-0.3, -0.25) is 0 Å². The number of hydrogen-bond donors (Lipinski definition) is 1. The molecular formula is C27H50INO. The number of allylic oxidation sites excluding steroid dienone is 2. The van der Waals surface area contributed by atoms with Crippen molar-refractivity contribution in [1.82, 2.24) is 4.90 Å². The van der Waals surface area contributed by atoms with Crippen LogP contribution in [0.25, 0.3) is 0 Å². The van der Waals surface area contributed by atoms with E-state index in [1.807, 2.05) is 0 Å². The van der Waals surface area contributed by atoms with E-state index in [1.165, 1.54) is 115 Å². The number of aliphatic hydroxyl groups is 1. The lowest BCUT2D eigenvalue weighted by atomic mass is 10.0. The van der Waals surface area contributed by atoms with Crippen molar-refractivity contribution in [1.29, 1.82) is 0 Å². The molecule has 0 aromatic carbocycles. The minimum absolute atomic E-state index is 0.317. The number of unbranched alkanes of at least 4 members (excludes halogenated alkanes) is 16. The molecule has 0 aromatic heterocycles. The molecule has 30 heavy (non-hydrogen) atoms. The van der Waals surface area contributed by atoms with Crippen LogP contribution in [0.1, 0.15) is 129 Å². The highest BCUT2D eigenvalue weighted by atomic mass is 127. The molecule has 1 unspecified atom stereocenters. The van der Waals surface area contributed by atoms with E-state index in [0.717, 1.165) is 19.3 Å². The standard InChI is InChI=1S/C27H50INO/c1-2-3-4-5-6-7-8-9-10-11-12-13-14-15-16-18-23-29-24-20-22-26(27(29)28)21-17-19-25-30/h20,22,24,27,30H,2-19,21,23,25H2,1H3. The van der Waals surface area contributed by atoms with E-state index in [0.29, 0.717) is 10.7 Å². The Hall–Kier alpha value is -0.0300. The SMILES string of the molecule is CCCCCCCCCCCCCCCCCCN1C=CC=C(CCCCO)C1I. The molecule has 0 bridgehead atoms. The van der Waals surface area contributed by atoms with Crippen LogP contribution in [0.15, 0.2) is 23.9 Å². The molecule has 0 aromatic rings. The zero-order chi connectivity index (χ0) is 21.7. The first-order valence-electron chi connectivity index (χ1n) is 13.2. The molecule has 1 rings (SSSR count). The highest BCUT2D eigenvalue weighted by molar-refractivity contribution is 14.1. The molecule has 1 aliphatic heterocycles. The Balaban J connectivity index is 1.86. The smallest absolute Gasteiger partial charge is 0.102 e. The second kappa shape index (κ2) is 20.8. The summed E-state index contributed by atoms with van der Waals surface area (Å²) in [6, 6.07) is 0. The number of alkyl halides is 1. The highest BCUT2D eigenvalue weighted by Gasteiger charge is 2.18. The van der Waals surface area contributed by atoms with E-state index in [1.54, 1.807) is 0 Å². The van der Waals surface area contributed by atoms with E-state index >= 15 is 0 Å². The zero-order valence-electron chi connectivity index (χ0n) is 19.9. The van der Waals surface area contributed by atoms with Crippen molar-refractivity contribution in [2.45, 2.75) is 133 Å². The average Bonchev–Trinajstić information content (AvgIpc) is 2.75. The number of hydrogen-bond acceptors (Lipinski definition) is 2. The van der Waals surface area contributed by atoms with Crippen LogP contribution in [0.5, 0.6) is 0 Å². The third-order valence-electron chi connectivity index (χ3n) is 6.33. The molecular weight excluding hydrogens is 481 g/mol. The van der Waals surface area contributed by atoms with Crippen molar-refractivity contribution in [3.63, 3.8) is 0 Å². The van der Waals surface area contributed by atoms with Gasteiger partial charge in [0.1, 0.15) is 4.05 Å². The molecule has 0 saturated carbocycles. The molecule has 1 aliphatic rings. The summed E-state index contributed by atoms with van der Waals surface area (Å²) in [5, 5.41) is 8.98. The average molecular weight is 532 g/mol. The fourth-order valence-electron chi connectivity index (χ4n) is 4.32. The van der Waals surface area contributed by atoms with E-state index in [4.69, 9.17) is 5.11 Å². The summed E-state index contributed by atoms with van der Waals surface area (Å²) in [7, 11) is 0. The Bertz CT molecular complexity index is 435. The van der Waals surface area contributed by atoms with Gasteiger partial charge in [0, 0.05) is 19.4 Å². The fraction of sp³-hybridized carbons (Fsp3) is 0.852. The predicted octanol–water partition coefficient (Wildman–Crippen LogP) is 8.93. The minimum Gasteiger partial charge on any atom is -0.396 e. The summed E-state index contributed by atoms with van der Waals surface area (Å²) in [6.45, 7) is 3.79. The van der Waals surface area contributed by atoms with Gasteiger partial charge in [-0.05, 0) is 37.3 Å². The summed E-state index contributed by atoms with van der Waals surface area (Å²) in [5.41, 5.74) is 1.52. The van der Waals surface area contributed by atoms with Gasteiger partial charge in [-0.25, -0.2) is 0 Å².